The lowest BCUT2D eigenvalue weighted by Gasteiger charge is -2.25. The van der Waals surface area contributed by atoms with Gasteiger partial charge in [-0.05, 0) is 61.4 Å². The van der Waals surface area contributed by atoms with Gasteiger partial charge in [0.05, 0.1) is 0 Å². The van der Waals surface area contributed by atoms with E-state index in [1.165, 1.54) is 57.1 Å². The lowest BCUT2D eigenvalue weighted by molar-refractivity contribution is 0.609. The highest BCUT2D eigenvalue weighted by atomic mass is 15.1. The molecule has 1 nitrogen and oxygen atoms in total. The Morgan fingerprint density at radius 3 is 1.52 bits per heavy atom. The summed E-state index contributed by atoms with van der Waals surface area (Å²) in [4.78, 5) is 2.56. The van der Waals surface area contributed by atoms with Gasteiger partial charge < -0.3 is 4.90 Å². The van der Waals surface area contributed by atoms with Crippen LogP contribution in [0.25, 0.3) is 0 Å². The van der Waals surface area contributed by atoms with Crippen LogP contribution in [0.5, 0.6) is 0 Å². The molecule has 0 spiro atoms. The molecule has 0 amide bonds. The molecule has 0 fully saturated rings. The minimum absolute atomic E-state index is 0.887. The molecule has 2 rings (SSSR count). The minimum atomic E-state index is 0.887. The number of rotatable bonds is 11. The second-order valence-electron chi connectivity index (χ2n) is 7.63. The van der Waals surface area contributed by atoms with Crippen molar-refractivity contribution in [2.24, 2.45) is 0 Å². The number of unbranched alkanes of at least 4 members (excludes halogenated alkanes) is 6. The summed E-state index contributed by atoms with van der Waals surface area (Å²) in [5.74, 6) is 9.12. The molecule has 0 bridgehead atoms. The maximum atomic E-state index is 5.40. The number of anilines is 1. The predicted molar refractivity (Wildman–Crippen MR) is 127 cm³/mol. The van der Waals surface area contributed by atoms with E-state index in [0.29, 0.717) is 0 Å². The Labute approximate surface area is 178 Å². The Balaban J connectivity index is 2.00. The SMILES string of the molecule is C#Cc1ccc(C#Cc2ccc(N(CCCCCC)CCCCCC)cc2)cc1. The van der Waals surface area contributed by atoms with E-state index >= 15 is 0 Å². The molecule has 29 heavy (non-hydrogen) atoms. The van der Waals surface area contributed by atoms with Gasteiger partial charge in [0.2, 0.25) is 0 Å². The molecule has 2 aromatic carbocycles. The van der Waals surface area contributed by atoms with Gasteiger partial charge in [-0.3, -0.25) is 0 Å². The summed E-state index contributed by atoms with van der Waals surface area (Å²) in [6, 6.07) is 16.6. The minimum Gasteiger partial charge on any atom is -0.372 e. The summed E-state index contributed by atoms with van der Waals surface area (Å²) in [7, 11) is 0. The third-order valence-electron chi connectivity index (χ3n) is 5.20. The van der Waals surface area contributed by atoms with E-state index in [0.717, 1.165) is 29.8 Å². The molecule has 0 saturated carbocycles. The van der Waals surface area contributed by atoms with E-state index in [-0.39, 0.29) is 0 Å². The number of nitrogens with zero attached hydrogens (tertiary/aromatic N) is 1. The van der Waals surface area contributed by atoms with E-state index in [1.54, 1.807) is 0 Å². The highest BCUT2D eigenvalue weighted by Crippen LogP contribution is 2.18. The van der Waals surface area contributed by atoms with Crippen LogP contribution in [0, 0.1) is 24.2 Å². The second-order valence-corrected chi connectivity index (χ2v) is 7.63. The van der Waals surface area contributed by atoms with Gasteiger partial charge in [-0.15, -0.1) is 6.42 Å². The average molecular weight is 386 g/mol. The molecule has 0 aliphatic carbocycles. The zero-order valence-electron chi connectivity index (χ0n) is 18.2. The maximum Gasteiger partial charge on any atom is 0.0367 e. The highest BCUT2D eigenvalue weighted by Gasteiger charge is 2.06. The number of hydrogen-bond acceptors (Lipinski definition) is 1. The lowest BCUT2D eigenvalue weighted by atomic mass is 10.1. The van der Waals surface area contributed by atoms with Crippen molar-refractivity contribution in [2.75, 3.05) is 18.0 Å². The van der Waals surface area contributed by atoms with Crippen LogP contribution in [0.2, 0.25) is 0 Å². The van der Waals surface area contributed by atoms with Crippen molar-refractivity contribution < 1.29 is 0 Å². The normalized spacial score (nSPS) is 10.1. The van der Waals surface area contributed by atoms with E-state index in [9.17, 15) is 0 Å². The van der Waals surface area contributed by atoms with Crippen molar-refractivity contribution >= 4 is 5.69 Å². The third-order valence-corrected chi connectivity index (χ3v) is 5.20. The van der Waals surface area contributed by atoms with E-state index in [1.807, 2.05) is 24.3 Å². The Hall–Kier alpha value is -2.64. The molecule has 0 saturated heterocycles. The molecule has 0 radical (unpaired) electrons. The van der Waals surface area contributed by atoms with Crippen LogP contribution in [0.3, 0.4) is 0 Å². The van der Waals surface area contributed by atoms with Gasteiger partial charge in [0.25, 0.3) is 0 Å². The van der Waals surface area contributed by atoms with Crippen LogP contribution in [0.1, 0.15) is 81.9 Å². The Morgan fingerprint density at radius 2 is 1.07 bits per heavy atom. The van der Waals surface area contributed by atoms with Gasteiger partial charge in [-0.25, -0.2) is 0 Å². The van der Waals surface area contributed by atoms with Gasteiger partial charge in [-0.2, -0.15) is 0 Å². The summed E-state index contributed by atoms with van der Waals surface area (Å²) in [5, 5.41) is 0. The molecule has 0 aromatic heterocycles. The Kier molecular flexibility index (Phi) is 10.6. The maximum absolute atomic E-state index is 5.40. The zero-order chi connectivity index (χ0) is 20.7. The summed E-state index contributed by atoms with van der Waals surface area (Å²) < 4.78 is 0. The molecule has 1 heteroatoms. The first-order valence-corrected chi connectivity index (χ1v) is 11.2. The van der Waals surface area contributed by atoms with Crippen molar-refractivity contribution in [3.63, 3.8) is 0 Å². The van der Waals surface area contributed by atoms with Crippen LogP contribution < -0.4 is 4.90 Å². The topological polar surface area (TPSA) is 3.24 Å². The first kappa shape index (κ1) is 22.6. The van der Waals surface area contributed by atoms with Crippen LogP contribution in [-0.4, -0.2) is 13.1 Å². The quantitative estimate of drug-likeness (QED) is 0.296. The monoisotopic (exact) mass is 385 g/mol. The predicted octanol–water partition coefficient (Wildman–Crippen LogP) is 7.03. The smallest absolute Gasteiger partial charge is 0.0367 e. The van der Waals surface area contributed by atoms with E-state index in [4.69, 9.17) is 6.42 Å². The fourth-order valence-corrected chi connectivity index (χ4v) is 3.38. The number of benzene rings is 2. The lowest BCUT2D eigenvalue weighted by Crippen LogP contribution is -2.25. The van der Waals surface area contributed by atoms with Gasteiger partial charge in [0.15, 0.2) is 0 Å². The summed E-state index contributed by atoms with van der Waals surface area (Å²) in [5.41, 5.74) is 4.24. The molecule has 152 valence electrons. The van der Waals surface area contributed by atoms with Gasteiger partial charge in [-0.1, -0.05) is 70.1 Å². The fourth-order valence-electron chi connectivity index (χ4n) is 3.38. The first-order valence-electron chi connectivity index (χ1n) is 11.2. The van der Waals surface area contributed by atoms with Crippen molar-refractivity contribution in [3.8, 4) is 24.2 Å². The third kappa shape index (κ3) is 8.50. The van der Waals surface area contributed by atoms with Crippen LogP contribution in [0.4, 0.5) is 5.69 Å². The molecule has 0 atom stereocenters. The van der Waals surface area contributed by atoms with Crippen molar-refractivity contribution in [1.29, 1.82) is 0 Å². The largest absolute Gasteiger partial charge is 0.372 e. The second kappa shape index (κ2) is 13.5. The van der Waals surface area contributed by atoms with Gasteiger partial charge >= 0.3 is 0 Å². The standard InChI is InChI=1S/C28H35N/c1-4-7-9-11-23-29(24-12-10-8-5-2)28-21-19-27(20-22-28)18-17-26-15-13-25(6-3)14-16-26/h3,13-16,19-22H,4-5,7-12,23-24H2,1-2H3. The molecule has 0 unspecified atom stereocenters. The summed E-state index contributed by atoms with van der Waals surface area (Å²) in [6.07, 6.45) is 15.8. The molecule has 0 heterocycles. The Bertz CT molecular complexity index is 785. The molecule has 0 N–H and O–H groups in total. The van der Waals surface area contributed by atoms with Crippen molar-refractivity contribution in [3.05, 3.63) is 65.2 Å². The summed E-state index contributed by atoms with van der Waals surface area (Å²) >= 11 is 0. The Morgan fingerprint density at radius 1 is 0.621 bits per heavy atom. The van der Waals surface area contributed by atoms with Crippen LogP contribution in [-0.2, 0) is 0 Å². The van der Waals surface area contributed by atoms with E-state index < -0.39 is 0 Å². The van der Waals surface area contributed by atoms with Crippen molar-refractivity contribution in [2.45, 2.75) is 65.2 Å². The van der Waals surface area contributed by atoms with Gasteiger partial charge in [0, 0.05) is 35.5 Å². The molecular weight excluding hydrogens is 350 g/mol. The molecular formula is C28H35N. The number of terminal acetylenes is 1. The first-order chi connectivity index (χ1) is 14.3. The molecule has 0 aliphatic heterocycles. The summed E-state index contributed by atoms with van der Waals surface area (Å²) in [6.45, 7) is 6.84. The average Bonchev–Trinajstić information content (AvgIpc) is 2.77. The van der Waals surface area contributed by atoms with Crippen molar-refractivity contribution in [1.82, 2.24) is 0 Å². The van der Waals surface area contributed by atoms with Gasteiger partial charge in [0.1, 0.15) is 0 Å². The van der Waals surface area contributed by atoms with Crippen LogP contribution in [0.15, 0.2) is 48.5 Å². The van der Waals surface area contributed by atoms with E-state index in [2.05, 4.69) is 60.8 Å². The fraction of sp³-hybridized carbons (Fsp3) is 0.429. The molecule has 0 aliphatic rings. The molecule has 2 aromatic rings. The number of hydrogen-bond donors (Lipinski definition) is 0. The van der Waals surface area contributed by atoms with Crippen LogP contribution >= 0.6 is 0 Å². The zero-order valence-corrected chi connectivity index (χ0v) is 18.2. The highest BCUT2D eigenvalue weighted by molar-refractivity contribution is 5.52.